The zero-order valence-electron chi connectivity index (χ0n) is 15.9. The van der Waals surface area contributed by atoms with E-state index in [2.05, 4.69) is 10.2 Å². The zero-order chi connectivity index (χ0) is 20.9. The van der Waals surface area contributed by atoms with Crippen LogP contribution in [0.1, 0.15) is 5.56 Å². The molecule has 1 amide bonds. The van der Waals surface area contributed by atoms with Gasteiger partial charge in [-0.3, -0.25) is 4.79 Å². The average molecular weight is 456 g/mol. The number of hydrogen-bond donors (Lipinski definition) is 1. The van der Waals surface area contributed by atoms with Crippen LogP contribution in [0.3, 0.4) is 0 Å². The topological polar surface area (TPSA) is 69.7 Å². The van der Waals surface area contributed by atoms with E-state index in [1.54, 1.807) is 24.3 Å². The van der Waals surface area contributed by atoms with Gasteiger partial charge in [0, 0.05) is 37.7 Å². The van der Waals surface area contributed by atoms with E-state index >= 15 is 0 Å². The van der Waals surface area contributed by atoms with Gasteiger partial charge in [0.1, 0.15) is 0 Å². The summed E-state index contributed by atoms with van der Waals surface area (Å²) in [6.07, 6.45) is 0.188. The number of benzene rings is 2. The molecule has 0 unspecified atom stereocenters. The van der Waals surface area contributed by atoms with E-state index in [4.69, 9.17) is 23.2 Å². The van der Waals surface area contributed by atoms with Crippen LogP contribution in [0.2, 0.25) is 10.0 Å². The number of anilines is 1. The molecule has 9 heteroatoms. The highest BCUT2D eigenvalue weighted by Gasteiger charge is 2.27. The second kappa shape index (κ2) is 9.80. The predicted molar refractivity (Wildman–Crippen MR) is 117 cm³/mol. The summed E-state index contributed by atoms with van der Waals surface area (Å²) in [7, 11) is -3.43. The maximum Gasteiger partial charge on any atom is 0.224 e. The number of hydrogen-bond acceptors (Lipinski definition) is 4. The van der Waals surface area contributed by atoms with E-state index < -0.39 is 10.0 Å². The largest absolute Gasteiger partial charge is 0.368 e. The number of sulfonamides is 1. The minimum absolute atomic E-state index is 0.0828. The Balaban J connectivity index is 1.45. The Hall–Kier alpha value is -1.80. The minimum Gasteiger partial charge on any atom is -0.368 e. The van der Waals surface area contributed by atoms with Crippen LogP contribution < -0.4 is 10.2 Å². The number of piperazine rings is 1. The van der Waals surface area contributed by atoms with Crippen molar-refractivity contribution in [2.45, 2.75) is 6.42 Å². The molecule has 156 valence electrons. The van der Waals surface area contributed by atoms with Gasteiger partial charge < -0.3 is 10.2 Å². The summed E-state index contributed by atoms with van der Waals surface area (Å²) >= 11 is 12.1. The third-order valence-corrected chi connectivity index (χ3v) is 7.23. The fraction of sp³-hybridized carbons (Fsp3) is 0.350. The maximum absolute atomic E-state index is 12.6. The highest BCUT2D eigenvalue weighted by molar-refractivity contribution is 7.89. The molecule has 0 atom stereocenters. The van der Waals surface area contributed by atoms with Crippen molar-refractivity contribution in [3.63, 3.8) is 0 Å². The summed E-state index contributed by atoms with van der Waals surface area (Å²) in [4.78, 5) is 14.1. The Kier molecular flexibility index (Phi) is 7.40. The van der Waals surface area contributed by atoms with Crippen molar-refractivity contribution in [3.05, 3.63) is 64.1 Å². The van der Waals surface area contributed by atoms with Crippen molar-refractivity contribution < 1.29 is 13.2 Å². The van der Waals surface area contributed by atoms with Crippen molar-refractivity contribution in [3.8, 4) is 0 Å². The van der Waals surface area contributed by atoms with Crippen LogP contribution in [-0.2, 0) is 21.2 Å². The molecule has 0 aromatic heterocycles. The first-order valence-electron chi connectivity index (χ1n) is 9.33. The maximum atomic E-state index is 12.6. The molecule has 29 heavy (non-hydrogen) atoms. The second-order valence-corrected chi connectivity index (χ2v) is 9.74. The molecule has 0 saturated carbocycles. The first kappa shape index (κ1) is 21.9. The Morgan fingerprint density at radius 1 is 0.966 bits per heavy atom. The molecule has 1 N–H and O–H groups in total. The van der Waals surface area contributed by atoms with Gasteiger partial charge >= 0.3 is 0 Å². The summed E-state index contributed by atoms with van der Waals surface area (Å²) in [5.41, 5.74) is 1.74. The zero-order valence-corrected chi connectivity index (χ0v) is 18.2. The fourth-order valence-corrected chi connectivity index (χ4v) is 4.93. The molecule has 0 bridgehead atoms. The first-order chi connectivity index (χ1) is 13.8. The number of nitrogens with zero attached hydrogens (tertiary/aromatic N) is 2. The standard InChI is InChI=1S/C20H23Cl2N3O3S/c21-17-7-5-16(6-8-17)15-20(26)23-9-14-29(27,28)25-12-10-24(11-13-25)19-4-2-1-3-18(19)22/h1-8H,9-15H2,(H,23,26). The lowest BCUT2D eigenvalue weighted by Gasteiger charge is -2.35. The van der Waals surface area contributed by atoms with Crippen LogP contribution in [0, 0.1) is 0 Å². The lowest BCUT2D eigenvalue weighted by Crippen LogP contribution is -2.50. The second-order valence-electron chi connectivity index (χ2n) is 6.81. The molecule has 2 aromatic rings. The van der Waals surface area contributed by atoms with Crippen LogP contribution in [0.25, 0.3) is 0 Å². The van der Waals surface area contributed by atoms with Gasteiger partial charge in [0.15, 0.2) is 0 Å². The van der Waals surface area contributed by atoms with Crippen LogP contribution in [-0.4, -0.2) is 57.1 Å². The molecule has 1 heterocycles. The summed E-state index contributed by atoms with van der Waals surface area (Å²) in [5.74, 6) is -0.336. The summed E-state index contributed by atoms with van der Waals surface area (Å²) in [6.45, 7) is 2.02. The Bertz CT molecular complexity index is 944. The lowest BCUT2D eigenvalue weighted by atomic mass is 10.1. The average Bonchev–Trinajstić information content (AvgIpc) is 2.70. The number of carbonyl (C=O) groups is 1. The Morgan fingerprint density at radius 2 is 1.62 bits per heavy atom. The molecule has 6 nitrogen and oxygen atoms in total. The van der Waals surface area contributed by atoms with Crippen LogP contribution in [0.5, 0.6) is 0 Å². The number of halogens is 2. The van der Waals surface area contributed by atoms with Gasteiger partial charge in [0.25, 0.3) is 0 Å². The van der Waals surface area contributed by atoms with Gasteiger partial charge in [-0.1, -0.05) is 47.5 Å². The monoisotopic (exact) mass is 455 g/mol. The van der Waals surface area contributed by atoms with Crippen LogP contribution in [0.4, 0.5) is 5.69 Å². The number of para-hydroxylation sites is 1. The highest BCUT2D eigenvalue weighted by atomic mass is 35.5. The normalized spacial score (nSPS) is 15.3. The fourth-order valence-electron chi connectivity index (χ4n) is 3.21. The molecule has 1 fully saturated rings. The summed E-state index contributed by atoms with van der Waals surface area (Å²) in [6, 6.07) is 14.5. The smallest absolute Gasteiger partial charge is 0.224 e. The Labute approximate surface area is 181 Å². The van der Waals surface area contributed by atoms with E-state index in [-0.39, 0.29) is 24.6 Å². The van der Waals surface area contributed by atoms with Crippen molar-refractivity contribution in [1.29, 1.82) is 0 Å². The predicted octanol–water partition coefficient (Wildman–Crippen LogP) is 2.80. The van der Waals surface area contributed by atoms with Gasteiger partial charge in [-0.25, -0.2) is 8.42 Å². The van der Waals surface area contributed by atoms with E-state index in [1.807, 2.05) is 24.3 Å². The third kappa shape index (κ3) is 6.09. The van der Waals surface area contributed by atoms with Crippen molar-refractivity contribution in [2.24, 2.45) is 0 Å². The molecule has 1 saturated heterocycles. The van der Waals surface area contributed by atoms with Gasteiger partial charge in [-0.2, -0.15) is 4.31 Å². The van der Waals surface area contributed by atoms with Gasteiger partial charge in [0.2, 0.25) is 15.9 Å². The van der Waals surface area contributed by atoms with E-state index in [0.717, 1.165) is 11.3 Å². The van der Waals surface area contributed by atoms with E-state index in [1.165, 1.54) is 4.31 Å². The summed E-state index contributed by atoms with van der Waals surface area (Å²) < 4.78 is 26.7. The molecular formula is C20H23Cl2N3O3S. The van der Waals surface area contributed by atoms with E-state index in [9.17, 15) is 13.2 Å². The molecule has 1 aliphatic heterocycles. The van der Waals surface area contributed by atoms with Crippen LogP contribution in [0.15, 0.2) is 48.5 Å². The highest BCUT2D eigenvalue weighted by Crippen LogP contribution is 2.26. The van der Waals surface area contributed by atoms with Gasteiger partial charge in [0.05, 0.1) is 22.9 Å². The van der Waals surface area contributed by atoms with Crippen LogP contribution >= 0.6 is 23.2 Å². The van der Waals surface area contributed by atoms with E-state index in [0.29, 0.717) is 36.2 Å². The van der Waals surface area contributed by atoms with Gasteiger partial charge in [-0.15, -0.1) is 0 Å². The molecule has 0 radical (unpaired) electrons. The number of amides is 1. The molecule has 3 rings (SSSR count). The number of carbonyl (C=O) groups excluding carboxylic acids is 1. The quantitative estimate of drug-likeness (QED) is 0.696. The molecule has 0 aliphatic carbocycles. The van der Waals surface area contributed by atoms with Crippen molar-refractivity contribution in [1.82, 2.24) is 9.62 Å². The van der Waals surface area contributed by atoms with Crippen molar-refractivity contribution in [2.75, 3.05) is 43.4 Å². The third-order valence-electron chi connectivity index (χ3n) is 4.79. The molecule has 0 spiro atoms. The number of rotatable bonds is 7. The lowest BCUT2D eigenvalue weighted by molar-refractivity contribution is -0.120. The first-order valence-corrected chi connectivity index (χ1v) is 11.7. The minimum atomic E-state index is -3.43. The molecule has 2 aromatic carbocycles. The van der Waals surface area contributed by atoms with Gasteiger partial charge in [-0.05, 0) is 29.8 Å². The van der Waals surface area contributed by atoms with Crippen molar-refractivity contribution >= 4 is 44.8 Å². The summed E-state index contributed by atoms with van der Waals surface area (Å²) in [5, 5.41) is 3.94. The molecule has 1 aliphatic rings. The SMILES string of the molecule is O=C(Cc1ccc(Cl)cc1)NCCS(=O)(=O)N1CCN(c2ccccc2Cl)CC1. The number of nitrogens with one attached hydrogen (secondary N) is 1. The Morgan fingerprint density at radius 3 is 2.28 bits per heavy atom. The molecular weight excluding hydrogens is 433 g/mol.